The van der Waals surface area contributed by atoms with E-state index in [1.54, 1.807) is 21.3 Å². The molecule has 0 fully saturated rings. The molecule has 2 rings (SSSR count). The molecule has 0 radical (unpaired) electrons. The van der Waals surface area contributed by atoms with Crippen molar-refractivity contribution >= 4 is 0 Å². The lowest BCUT2D eigenvalue weighted by molar-refractivity contribution is 0.351. The summed E-state index contributed by atoms with van der Waals surface area (Å²) in [7, 11) is 6.03. The van der Waals surface area contributed by atoms with Crippen molar-refractivity contribution in [1.29, 1.82) is 0 Å². The van der Waals surface area contributed by atoms with Crippen LogP contribution in [-0.2, 0) is 12.8 Å². The van der Waals surface area contributed by atoms with E-state index >= 15 is 0 Å². The van der Waals surface area contributed by atoms with E-state index in [2.05, 4.69) is 12.1 Å². The SMILES string of the molecule is CO.COc1ccccc1CCc1cccc(OC)c1OC. The number of ether oxygens (including phenoxy) is 3. The summed E-state index contributed by atoms with van der Waals surface area (Å²) < 4.78 is 16.2. The zero-order valence-corrected chi connectivity index (χ0v) is 13.6. The van der Waals surface area contributed by atoms with Gasteiger partial charge in [0.2, 0.25) is 0 Å². The summed E-state index contributed by atoms with van der Waals surface area (Å²) in [5, 5.41) is 7.00. The molecular weight excluding hydrogens is 280 g/mol. The number of rotatable bonds is 6. The van der Waals surface area contributed by atoms with Gasteiger partial charge in [0.15, 0.2) is 11.5 Å². The van der Waals surface area contributed by atoms with Crippen LogP contribution in [0.25, 0.3) is 0 Å². The van der Waals surface area contributed by atoms with Crippen LogP contribution in [0.15, 0.2) is 42.5 Å². The van der Waals surface area contributed by atoms with Gasteiger partial charge in [0, 0.05) is 7.11 Å². The lowest BCUT2D eigenvalue weighted by atomic mass is 10.0. The summed E-state index contributed by atoms with van der Waals surface area (Å²) in [5.74, 6) is 2.50. The first-order valence-corrected chi connectivity index (χ1v) is 7.06. The molecule has 2 aromatic carbocycles. The Bertz CT molecular complexity index is 567. The van der Waals surface area contributed by atoms with E-state index in [-0.39, 0.29) is 0 Å². The molecule has 0 aliphatic heterocycles. The van der Waals surface area contributed by atoms with E-state index in [0.29, 0.717) is 0 Å². The number of hydrogen-bond donors (Lipinski definition) is 1. The summed E-state index contributed by atoms with van der Waals surface area (Å²) >= 11 is 0. The van der Waals surface area contributed by atoms with Crippen LogP contribution in [0, 0.1) is 0 Å². The summed E-state index contributed by atoms with van der Waals surface area (Å²) in [6, 6.07) is 14.0. The van der Waals surface area contributed by atoms with Gasteiger partial charge in [0.25, 0.3) is 0 Å². The Morgan fingerprint density at radius 1 is 0.682 bits per heavy atom. The number of benzene rings is 2. The Balaban J connectivity index is 0.00000116. The van der Waals surface area contributed by atoms with Gasteiger partial charge in [-0.25, -0.2) is 0 Å². The van der Waals surface area contributed by atoms with Crippen molar-refractivity contribution in [3.05, 3.63) is 53.6 Å². The molecule has 0 heterocycles. The van der Waals surface area contributed by atoms with Crippen LogP contribution in [-0.4, -0.2) is 33.5 Å². The average Bonchev–Trinajstić information content (AvgIpc) is 2.61. The summed E-state index contributed by atoms with van der Waals surface area (Å²) in [6.45, 7) is 0. The van der Waals surface area contributed by atoms with Gasteiger partial charge < -0.3 is 19.3 Å². The molecule has 0 aromatic heterocycles. The molecule has 4 heteroatoms. The fourth-order valence-corrected chi connectivity index (χ4v) is 2.33. The van der Waals surface area contributed by atoms with E-state index in [1.165, 1.54) is 5.56 Å². The fourth-order valence-electron chi connectivity index (χ4n) is 2.33. The third kappa shape index (κ3) is 4.40. The van der Waals surface area contributed by atoms with Crippen molar-refractivity contribution in [3.8, 4) is 17.2 Å². The average molecular weight is 304 g/mol. The first-order valence-electron chi connectivity index (χ1n) is 7.06. The van der Waals surface area contributed by atoms with Gasteiger partial charge in [-0.15, -0.1) is 0 Å². The Morgan fingerprint density at radius 3 is 1.86 bits per heavy atom. The minimum Gasteiger partial charge on any atom is -0.496 e. The van der Waals surface area contributed by atoms with Crippen LogP contribution >= 0.6 is 0 Å². The van der Waals surface area contributed by atoms with Crippen LogP contribution in [0.4, 0.5) is 0 Å². The van der Waals surface area contributed by atoms with Crippen molar-refractivity contribution in [3.63, 3.8) is 0 Å². The molecule has 0 spiro atoms. The van der Waals surface area contributed by atoms with Crippen molar-refractivity contribution in [2.45, 2.75) is 12.8 Å². The van der Waals surface area contributed by atoms with Gasteiger partial charge >= 0.3 is 0 Å². The molecule has 1 N–H and O–H groups in total. The van der Waals surface area contributed by atoms with Crippen molar-refractivity contribution in [1.82, 2.24) is 0 Å². The maximum Gasteiger partial charge on any atom is 0.163 e. The minimum atomic E-state index is 0.769. The molecule has 0 atom stereocenters. The predicted molar refractivity (Wildman–Crippen MR) is 88.1 cm³/mol. The van der Waals surface area contributed by atoms with Crippen molar-refractivity contribution in [2.24, 2.45) is 0 Å². The molecule has 0 aliphatic rings. The van der Waals surface area contributed by atoms with Gasteiger partial charge in [0.05, 0.1) is 21.3 Å². The Kier molecular flexibility index (Phi) is 7.86. The second kappa shape index (κ2) is 9.68. The highest BCUT2D eigenvalue weighted by Gasteiger charge is 2.10. The number of hydrogen-bond acceptors (Lipinski definition) is 4. The van der Waals surface area contributed by atoms with E-state index in [1.807, 2.05) is 30.3 Å². The molecule has 4 nitrogen and oxygen atoms in total. The molecule has 120 valence electrons. The van der Waals surface area contributed by atoms with Crippen LogP contribution in [0.3, 0.4) is 0 Å². The van der Waals surface area contributed by atoms with E-state index in [9.17, 15) is 0 Å². The smallest absolute Gasteiger partial charge is 0.163 e. The molecule has 0 bridgehead atoms. The monoisotopic (exact) mass is 304 g/mol. The first kappa shape index (κ1) is 17.9. The standard InChI is InChI=1S/C17H20O3.CH4O/c1-18-15-9-5-4-7-13(15)11-12-14-8-6-10-16(19-2)17(14)20-3;1-2/h4-10H,11-12H2,1-3H3;2H,1H3. The molecule has 2 aromatic rings. The lowest BCUT2D eigenvalue weighted by Gasteiger charge is -2.13. The number of aryl methyl sites for hydroxylation is 2. The highest BCUT2D eigenvalue weighted by molar-refractivity contribution is 5.47. The highest BCUT2D eigenvalue weighted by Crippen LogP contribution is 2.32. The maximum atomic E-state index is 7.00. The third-order valence-corrected chi connectivity index (χ3v) is 3.34. The normalized spacial score (nSPS) is 9.50. The molecule has 0 aliphatic carbocycles. The van der Waals surface area contributed by atoms with Crippen LogP contribution in [0.1, 0.15) is 11.1 Å². The van der Waals surface area contributed by atoms with E-state index < -0.39 is 0 Å². The van der Waals surface area contributed by atoms with Gasteiger partial charge in [-0.2, -0.15) is 0 Å². The second-order valence-electron chi connectivity index (χ2n) is 4.46. The number of methoxy groups -OCH3 is 3. The van der Waals surface area contributed by atoms with E-state index in [4.69, 9.17) is 19.3 Å². The molecule has 0 unspecified atom stereocenters. The van der Waals surface area contributed by atoms with Gasteiger partial charge in [-0.05, 0) is 36.1 Å². The Hall–Kier alpha value is -2.20. The molecule has 0 amide bonds. The summed E-state index contributed by atoms with van der Waals surface area (Å²) in [4.78, 5) is 0. The Morgan fingerprint density at radius 2 is 1.23 bits per heavy atom. The largest absolute Gasteiger partial charge is 0.496 e. The Labute approximate surface area is 132 Å². The predicted octanol–water partition coefficient (Wildman–Crippen LogP) is 3.11. The topological polar surface area (TPSA) is 47.9 Å². The van der Waals surface area contributed by atoms with Gasteiger partial charge in [-0.1, -0.05) is 30.3 Å². The molecular formula is C18H24O4. The summed E-state index contributed by atoms with van der Waals surface area (Å²) in [6.07, 6.45) is 1.77. The fraction of sp³-hybridized carbons (Fsp3) is 0.333. The minimum absolute atomic E-state index is 0.769. The van der Waals surface area contributed by atoms with Gasteiger partial charge in [-0.3, -0.25) is 0 Å². The summed E-state index contributed by atoms with van der Waals surface area (Å²) in [5.41, 5.74) is 2.33. The van der Waals surface area contributed by atoms with Crippen molar-refractivity contribution < 1.29 is 19.3 Å². The molecule has 22 heavy (non-hydrogen) atoms. The van der Waals surface area contributed by atoms with Crippen LogP contribution in [0.2, 0.25) is 0 Å². The van der Waals surface area contributed by atoms with E-state index in [0.717, 1.165) is 42.8 Å². The maximum absolute atomic E-state index is 7.00. The zero-order chi connectivity index (χ0) is 16.4. The zero-order valence-electron chi connectivity index (χ0n) is 13.6. The number of para-hydroxylation sites is 2. The highest BCUT2D eigenvalue weighted by atomic mass is 16.5. The van der Waals surface area contributed by atoms with Gasteiger partial charge in [0.1, 0.15) is 5.75 Å². The van der Waals surface area contributed by atoms with Crippen LogP contribution in [0.5, 0.6) is 17.2 Å². The first-order chi connectivity index (χ1) is 10.8. The van der Waals surface area contributed by atoms with Crippen molar-refractivity contribution in [2.75, 3.05) is 28.4 Å². The second-order valence-corrected chi connectivity index (χ2v) is 4.46. The lowest BCUT2D eigenvalue weighted by Crippen LogP contribution is -1.99. The molecule has 0 saturated heterocycles. The quantitative estimate of drug-likeness (QED) is 0.891. The number of aliphatic hydroxyl groups is 1. The molecule has 0 saturated carbocycles. The number of aliphatic hydroxyl groups excluding tert-OH is 1. The van der Waals surface area contributed by atoms with Crippen LogP contribution < -0.4 is 14.2 Å². The third-order valence-electron chi connectivity index (χ3n) is 3.34.